The van der Waals surface area contributed by atoms with Gasteiger partial charge in [0.15, 0.2) is 5.78 Å². The zero-order valence-electron chi connectivity index (χ0n) is 18.9. The molecule has 1 fully saturated rings. The van der Waals surface area contributed by atoms with Crippen LogP contribution < -0.4 is 0 Å². The first-order valence-corrected chi connectivity index (χ1v) is 12.1. The molecule has 0 spiro atoms. The number of allylic oxidation sites excluding steroid dienone is 2. The highest BCUT2D eigenvalue weighted by Crippen LogP contribution is 2.40. The van der Waals surface area contributed by atoms with E-state index in [-0.39, 0.29) is 29.3 Å². The zero-order chi connectivity index (χ0) is 25.3. The lowest BCUT2D eigenvalue weighted by Crippen LogP contribution is -2.57. The molecule has 6 nitrogen and oxygen atoms in total. The number of fused-ring (bicyclic) bond motifs is 1. The number of Topliss-reactive ketones (excluding diaryl/α,β-unsaturated/α-hetero) is 1. The third-order valence-corrected chi connectivity index (χ3v) is 6.94. The number of hydrogen-bond donors (Lipinski definition) is 0. The van der Waals surface area contributed by atoms with E-state index in [9.17, 15) is 23.6 Å². The second-order valence-electron chi connectivity index (χ2n) is 8.66. The molecule has 0 N–H and O–H groups in total. The largest absolute Gasteiger partial charge is 0.292 e. The number of hydrazine groups is 1. The van der Waals surface area contributed by atoms with Gasteiger partial charge in [0, 0.05) is 22.0 Å². The molecular formula is C26H23Cl2FN2O4. The average molecular weight is 517 g/mol. The normalized spacial score (nSPS) is 22.2. The van der Waals surface area contributed by atoms with Crippen LogP contribution in [0, 0.1) is 23.6 Å². The maximum atomic E-state index is 13.8. The van der Waals surface area contributed by atoms with Crippen molar-refractivity contribution in [2.75, 3.05) is 5.88 Å². The summed E-state index contributed by atoms with van der Waals surface area (Å²) >= 11 is 12.0. The van der Waals surface area contributed by atoms with Crippen molar-refractivity contribution in [1.29, 1.82) is 0 Å². The third-order valence-electron chi connectivity index (χ3n) is 6.47. The Morgan fingerprint density at radius 1 is 1.06 bits per heavy atom. The minimum absolute atomic E-state index is 0.0248. The van der Waals surface area contributed by atoms with Crippen molar-refractivity contribution in [2.45, 2.75) is 25.8 Å². The van der Waals surface area contributed by atoms with E-state index in [1.807, 2.05) is 19.1 Å². The lowest BCUT2D eigenvalue weighted by Gasteiger charge is -2.36. The molecule has 4 rings (SSSR count). The maximum absolute atomic E-state index is 13.8. The van der Waals surface area contributed by atoms with Crippen molar-refractivity contribution in [3.63, 3.8) is 0 Å². The standard InChI is InChI=1S/C26H23Cl2FN2O4/c1-15-3-2-4-20-22(15)26(35)31(25(20)34)30(24(33)17-5-9-18(28)10-6-17)21(13-14-27)23(32)16-7-11-19(29)12-8-16/h2-3,5-12,15,20-22H,4,13-14H2,1H3/t15-,20+,21+,22+/m1/s1. The molecule has 2 aromatic rings. The van der Waals surface area contributed by atoms with Gasteiger partial charge in [-0.25, -0.2) is 9.40 Å². The average Bonchev–Trinajstić information content (AvgIpc) is 3.10. The van der Waals surface area contributed by atoms with E-state index in [2.05, 4.69) is 0 Å². The maximum Gasteiger partial charge on any atom is 0.273 e. The second-order valence-corrected chi connectivity index (χ2v) is 9.48. The van der Waals surface area contributed by atoms with E-state index < -0.39 is 47.2 Å². The Kier molecular flexibility index (Phi) is 7.38. The molecule has 4 atom stereocenters. The summed E-state index contributed by atoms with van der Waals surface area (Å²) in [5, 5.41) is 2.16. The molecule has 0 saturated carbocycles. The predicted octanol–water partition coefficient (Wildman–Crippen LogP) is 4.91. The number of carbonyl (C=O) groups excluding carboxylic acids is 4. The first-order chi connectivity index (χ1) is 16.7. The van der Waals surface area contributed by atoms with Crippen LogP contribution in [0.5, 0.6) is 0 Å². The summed E-state index contributed by atoms with van der Waals surface area (Å²) in [6.45, 7) is 1.84. The summed E-state index contributed by atoms with van der Waals surface area (Å²) in [7, 11) is 0. The van der Waals surface area contributed by atoms with Crippen molar-refractivity contribution in [2.24, 2.45) is 17.8 Å². The molecule has 1 aliphatic carbocycles. The Labute approximate surface area is 212 Å². The molecular weight excluding hydrogens is 494 g/mol. The topological polar surface area (TPSA) is 74.8 Å². The fourth-order valence-electron chi connectivity index (χ4n) is 4.71. The zero-order valence-corrected chi connectivity index (χ0v) is 20.4. The van der Waals surface area contributed by atoms with Gasteiger partial charge in [-0.1, -0.05) is 30.7 Å². The Morgan fingerprint density at radius 2 is 1.69 bits per heavy atom. The van der Waals surface area contributed by atoms with Crippen LogP contribution in [0.2, 0.25) is 5.02 Å². The van der Waals surface area contributed by atoms with Gasteiger partial charge in [0.05, 0.1) is 11.8 Å². The van der Waals surface area contributed by atoms with Gasteiger partial charge in [-0.3, -0.25) is 19.2 Å². The number of carbonyl (C=O) groups is 4. The highest BCUT2D eigenvalue weighted by Gasteiger charge is 2.54. The van der Waals surface area contributed by atoms with Gasteiger partial charge < -0.3 is 0 Å². The van der Waals surface area contributed by atoms with E-state index in [4.69, 9.17) is 23.2 Å². The lowest BCUT2D eigenvalue weighted by molar-refractivity contribution is -0.156. The highest BCUT2D eigenvalue weighted by molar-refractivity contribution is 6.30. The Hall–Kier alpha value is -3.03. The quantitative estimate of drug-likeness (QED) is 0.226. The number of ketones is 1. The van der Waals surface area contributed by atoms with Gasteiger partial charge >= 0.3 is 0 Å². The number of benzene rings is 2. The molecule has 2 aliphatic rings. The molecule has 1 saturated heterocycles. The van der Waals surface area contributed by atoms with E-state index >= 15 is 0 Å². The summed E-state index contributed by atoms with van der Waals surface area (Å²) in [5.74, 6) is -4.37. The van der Waals surface area contributed by atoms with Crippen LogP contribution in [-0.4, -0.2) is 45.4 Å². The molecule has 0 bridgehead atoms. The Bertz CT molecular complexity index is 1180. The minimum Gasteiger partial charge on any atom is -0.292 e. The van der Waals surface area contributed by atoms with Gasteiger partial charge in [-0.15, -0.1) is 11.6 Å². The Balaban J connectivity index is 1.81. The Morgan fingerprint density at radius 3 is 2.29 bits per heavy atom. The SMILES string of the molecule is C[C@@H]1C=CC[C@@H]2C(=O)N(N(C(=O)c3ccc(Cl)cc3)[C@@H](CCCl)C(=O)c3ccc(F)cc3)C(=O)[C@@H]12. The van der Waals surface area contributed by atoms with Crippen molar-refractivity contribution >= 4 is 46.7 Å². The number of alkyl halides is 1. The van der Waals surface area contributed by atoms with E-state index in [0.29, 0.717) is 11.4 Å². The van der Waals surface area contributed by atoms with Crippen molar-refractivity contribution in [1.82, 2.24) is 10.0 Å². The molecule has 1 heterocycles. The smallest absolute Gasteiger partial charge is 0.273 e. The van der Waals surface area contributed by atoms with Crippen LogP contribution in [0.3, 0.4) is 0 Å². The van der Waals surface area contributed by atoms with Crippen LogP contribution in [0.4, 0.5) is 4.39 Å². The van der Waals surface area contributed by atoms with Crippen molar-refractivity contribution in [3.05, 3.63) is 82.6 Å². The summed E-state index contributed by atoms with van der Waals surface area (Å²) in [6.07, 6.45) is 4.06. The van der Waals surface area contributed by atoms with E-state index in [1.165, 1.54) is 36.4 Å². The highest BCUT2D eigenvalue weighted by atomic mass is 35.5. The molecule has 3 amide bonds. The number of halogens is 3. The number of nitrogens with zero attached hydrogens (tertiary/aromatic N) is 2. The minimum atomic E-state index is -1.27. The first kappa shape index (κ1) is 25.1. The van der Waals surface area contributed by atoms with Gasteiger partial charge in [0.25, 0.3) is 17.7 Å². The number of amides is 3. The molecule has 2 aromatic carbocycles. The van der Waals surface area contributed by atoms with E-state index in [1.54, 1.807) is 0 Å². The fourth-order valence-corrected chi connectivity index (χ4v) is 5.05. The van der Waals surface area contributed by atoms with E-state index in [0.717, 1.165) is 22.2 Å². The molecule has 0 unspecified atom stereocenters. The molecule has 182 valence electrons. The summed E-state index contributed by atoms with van der Waals surface area (Å²) in [6, 6.07) is 9.51. The van der Waals surface area contributed by atoms with Crippen LogP contribution in [0.15, 0.2) is 60.7 Å². The number of rotatable bonds is 7. The third kappa shape index (κ3) is 4.75. The summed E-state index contributed by atoms with van der Waals surface area (Å²) in [4.78, 5) is 54.4. The summed E-state index contributed by atoms with van der Waals surface area (Å²) in [5.41, 5.74) is 0.268. The van der Waals surface area contributed by atoms with Crippen LogP contribution >= 0.6 is 23.2 Å². The van der Waals surface area contributed by atoms with Crippen molar-refractivity contribution in [3.8, 4) is 0 Å². The van der Waals surface area contributed by atoms with Crippen LogP contribution in [0.1, 0.15) is 40.5 Å². The van der Waals surface area contributed by atoms with Gasteiger partial charge in [0.2, 0.25) is 0 Å². The van der Waals surface area contributed by atoms with Gasteiger partial charge in [-0.2, -0.15) is 5.01 Å². The molecule has 0 aromatic heterocycles. The fraction of sp³-hybridized carbons (Fsp3) is 0.308. The lowest BCUT2D eigenvalue weighted by atomic mass is 9.78. The molecule has 9 heteroatoms. The number of hydrogen-bond acceptors (Lipinski definition) is 4. The van der Waals surface area contributed by atoms with Crippen LogP contribution in [-0.2, 0) is 9.59 Å². The molecule has 35 heavy (non-hydrogen) atoms. The second kappa shape index (κ2) is 10.3. The summed E-state index contributed by atoms with van der Waals surface area (Å²) < 4.78 is 13.5. The predicted molar refractivity (Wildman–Crippen MR) is 129 cm³/mol. The first-order valence-electron chi connectivity index (χ1n) is 11.2. The molecule has 0 radical (unpaired) electrons. The molecule has 1 aliphatic heterocycles. The van der Waals surface area contributed by atoms with Crippen molar-refractivity contribution < 1.29 is 23.6 Å². The van der Waals surface area contributed by atoms with Gasteiger partial charge in [0.1, 0.15) is 11.9 Å². The monoisotopic (exact) mass is 516 g/mol. The van der Waals surface area contributed by atoms with Gasteiger partial charge in [-0.05, 0) is 67.3 Å². The van der Waals surface area contributed by atoms with Crippen LogP contribution in [0.25, 0.3) is 0 Å². The number of imide groups is 1.